The molecule has 1 fully saturated rings. The molecule has 3 aromatic rings. The maximum absolute atomic E-state index is 12.4. The summed E-state index contributed by atoms with van der Waals surface area (Å²) in [6.45, 7) is 4.69. The summed E-state index contributed by atoms with van der Waals surface area (Å²) >= 11 is 7.47. The van der Waals surface area contributed by atoms with Crippen molar-refractivity contribution in [1.82, 2.24) is 15.2 Å². The van der Waals surface area contributed by atoms with Crippen molar-refractivity contribution in [2.75, 3.05) is 57.0 Å². The van der Waals surface area contributed by atoms with Crippen LogP contribution in [0.3, 0.4) is 0 Å². The lowest BCUT2D eigenvalue weighted by atomic mass is 10.3. The first-order valence-electron chi connectivity index (χ1n) is 11.0. The van der Waals surface area contributed by atoms with Crippen LogP contribution in [0, 0.1) is 0 Å². The summed E-state index contributed by atoms with van der Waals surface area (Å²) in [6, 6.07) is 11.9. The van der Waals surface area contributed by atoms with Crippen LogP contribution in [0.4, 0.5) is 5.13 Å². The number of carbonyl (C=O) groups excluding carboxylic acids is 1. The van der Waals surface area contributed by atoms with Crippen LogP contribution in [0.1, 0.15) is 6.42 Å². The van der Waals surface area contributed by atoms with Gasteiger partial charge in [-0.1, -0.05) is 22.9 Å². The van der Waals surface area contributed by atoms with Gasteiger partial charge in [0.2, 0.25) is 5.91 Å². The van der Waals surface area contributed by atoms with Crippen molar-refractivity contribution >= 4 is 54.0 Å². The fourth-order valence-electron chi connectivity index (χ4n) is 3.75. The van der Waals surface area contributed by atoms with Gasteiger partial charge in [-0.3, -0.25) is 9.69 Å². The lowest BCUT2D eigenvalue weighted by Crippen LogP contribution is -2.48. The van der Waals surface area contributed by atoms with Crippen molar-refractivity contribution in [3.63, 3.8) is 0 Å². The summed E-state index contributed by atoms with van der Waals surface area (Å²) in [5, 5.41) is 4.32. The van der Waals surface area contributed by atoms with Crippen LogP contribution in [-0.4, -0.2) is 76.3 Å². The summed E-state index contributed by atoms with van der Waals surface area (Å²) in [4.78, 5) is 21.6. The molecule has 1 aliphatic rings. The van der Waals surface area contributed by atoms with Gasteiger partial charge < -0.3 is 15.0 Å². The minimum atomic E-state index is -3.51. The number of amides is 1. The minimum absolute atomic E-state index is 0.0683. The topological polar surface area (TPSA) is 91.8 Å². The third kappa shape index (κ3) is 6.18. The highest BCUT2D eigenvalue weighted by Gasteiger charge is 2.20. The number of nitrogens with zero attached hydrogens (tertiary/aromatic N) is 3. The Morgan fingerprint density at radius 3 is 2.59 bits per heavy atom. The van der Waals surface area contributed by atoms with Crippen LogP contribution in [0.25, 0.3) is 10.2 Å². The molecule has 1 aliphatic heterocycles. The zero-order valence-electron chi connectivity index (χ0n) is 18.9. The molecule has 182 valence electrons. The van der Waals surface area contributed by atoms with E-state index in [-0.39, 0.29) is 23.0 Å². The average Bonchev–Trinajstić information content (AvgIpc) is 3.27. The van der Waals surface area contributed by atoms with Crippen molar-refractivity contribution in [2.24, 2.45) is 0 Å². The van der Waals surface area contributed by atoms with E-state index >= 15 is 0 Å². The Morgan fingerprint density at radius 1 is 1.15 bits per heavy atom. The number of aromatic nitrogens is 1. The number of fused-ring (bicyclic) bond motifs is 1. The van der Waals surface area contributed by atoms with Crippen LogP contribution in [0.15, 0.2) is 47.4 Å². The molecule has 0 saturated carbocycles. The second kappa shape index (κ2) is 10.9. The van der Waals surface area contributed by atoms with Gasteiger partial charge >= 0.3 is 0 Å². The Morgan fingerprint density at radius 2 is 1.88 bits per heavy atom. The van der Waals surface area contributed by atoms with Crippen molar-refractivity contribution in [3.05, 3.63) is 47.5 Å². The lowest BCUT2D eigenvalue weighted by Gasteiger charge is -2.34. The fourth-order valence-corrected chi connectivity index (χ4v) is 6.16. The number of hydrogen-bond donors (Lipinski definition) is 1. The highest BCUT2D eigenvalue weighted by atomic mass is 35.5. The number of piperazine rings is 1. The van der Waals surface area contributed by atoms with Crippen LogP contribution in [0.5, 0.6) is 5.75 Å². The number of nitrogens with one attached hydrogen (secondary N) is 1. The SMILES string of the molecule is COc1ccc2nc(N3CCN(CCNC(=O)CCS(=O)(=O)c4ccc(Cl)cc4)CC3)sc2c1. The number of sulfone groups is 1. The number of anilines is 1. The number of benzene rings is 2. The van der Waals surface area contributed by atoms with E-state index in [1.807, 2.05) is 18.2 Å². The van der Waals surface area contributed by atoms with Gasteiger partial charge in [0.15, 0.2) is 15.0 Å². The van der Waals surface area contributed by atoms with E-state index in [0.29, 0.717) is 11.6 Å². The van der Waals surface area contributed by atoms with Crippen LogP contribution >= 0.6 is 22.9 Å². The molecule has 11 heteroatoms. The Balaban J connectivity index is 1.18. The summed E-state index contributed by atoms with van der Waals surface area (Å²) < 4.78 is 31.1. The first-order chi connectivity index (χ1) is 16.3. The molecule has 2 aromatic carbocycles. The predicted octanol–water partition coefficient (Wildman–Crippen LogP) is 3.06. The van der Waals surface area contributed by atoms with E-state index in [1.54, 1.807) is 18.4 Å². The summed E-state index contributed by atoms with van der Waals surface area (Å²) in [6.07, 6.45) is -0.0683. The maximum atomic E-state index is 12.4. The van der Waals surface area contributed by atoms with Crippen molar-refractivity contribution in [2.45, 2.75) is 11.3 Å². The summed E-state index contributed by atoms with van der Waals surface area (Å²) in [7, 11) is -1.85. The molecule has 2 heterocycles. The van der Waals surface area contributed by atoms with E-state index in [4.69, 9.17) is 21.3 Å². The Kier molecular flexibility index (Phi) is 7.92. The molecule has 0 aliphatic carbocycles. The molecule has 0 radical (unpaired) electrons. The Labute approximate surface area is 208 Å². The van der Waals surface area contributed by atoms with Gasteiger partial charge in [0.25, 0.3) is 0 Å². The number of methoxy groups -OCH3 is 1. The maximum Gasteiger partial charge on any atom is 0.221 e. The molecule has 34 heavy (non-hydrogen) atoms. The minimum Gasteiger partial charge on any atom is -0.497 e. The molecule has 0 bridgehead atoms. The molecule has 1 saturated heterocycles. The average molecular weight is 523 g/mol. The third-order valence-electron chi connectivity index (χ3n) is 5.75. The first-order valence-corrected chi connectivity index (χ1v) is 13.9. The van der Waals surface area contributed by atoms with E-state index < -0.39 is 9.84 Å². The largest absolute Gasteiger partial charge is 0.497 e. The highest BCUT2D eigenvalue weighted by Crippen LogP contribution is 2.31. The van der Waals surface area contributed by atoms with Gasteiger partial charge in [0, 0.05) is 50.7 Å². The first kappa shape index (κ1) is 24.7. The summed E-state index contributed by atoms with van der Waals surface area (Å²) in [5.41, 5.74) is 0.976. The van der Waals surface area contributed by atoms with Crippen LogP contribution < -0.4 is 15.0 Å². The number of rotatable bonds is 9. The zero-order valence-corrected chi connectivity index (χ0v) is 21.3. The van der Waals surface area contributed by atoms with Gasteiger partial charge in [0.05, 0.1) is 28.0 Å². The lowest BCUT2D eigenvalue weighted by molar-refractivity contribution is -0.120. The molecule has 4 rings (SSSR count). The van der Waals surface area contributed by atoms with Crippen LogP contribution in [0.2, 0.25) is 5.02 Å². The molecule has 0 spiro atoms. The van der Waals surface area contributed by atoms with Crippen molar-refractivity contribution in [1.29, 1.82) is 0 Å². The quantitative estimate of drug-likeness (QED) is 0.461. The fraction of sp³-hybridized carbons (Fsp3) is 0.391. The number of hydrogen-bond acceptors (Lipinski definition) is 8. The van der Waals surface area contributed by atoms with Crippen LogP contribution in [-0.2, 0) is 14.6 Å². The number of carbonyl (C=O) groups is 1. The predicted molar refractivity (Wildman–Crippen MR) is 136 cm³/mol. The van der Waals surface area contributed by atoms with Gasteiger partial charge in [-0.25, -0.2) is 13.4 Å². The van der Waals surface area contributed by atoms with E-state index in [9.17, 15) is 13.2 Å². The molecular weight excluding hydrogens is 496 g/mol. The molecule has 0 unspecified atom stereocenters. The van der Waals surface area contributed by atoms with Gasteiger partial charge in [0.1, 0.15) is 5.75 Å². The number of thiazole rings is 1. The van der Waals surface area contributed by atoms with E-state index in [2.05, 4.69) is 15.1 Å². The molecule has 0 atom stereocenters. The van der Waals surface area contributed by atoms with Gasteiger partial charge in [-0.2, -0.15) is 0 Å². The Bertz CT molecular complexity index is 1240. The second-order valence-corrected chi connectivity index (χ2v) is 11.6. The van der Waals surface area contributed by atoms with Crippen molar-refractivity contribution in [3.8, 4) is 5.75 Å². The monoisotopic (exact) mass is 522 g/mol. The summed E-state index contributed by atoms with van der Waals surface area (Å²) in [5.74, 6) is 0.339. The zero-order chi connectivity index (χ0) is 24.1. The standard InChI is InChI=1S/C23H27ClN4O4S2/c1-32-18-4-7-20-21(16-18)33-23(26-20)28-13-11-27(12-14-28)10-9-25-22(29)8-15-34(30,31)19-5-2-17(24)3-6-19/h2-7,16H,8-15H2,1H3,(H,25,29). The smallest absolute Gasteiger partial charge is 0.221 e. The van der Waals surface area contributed by atoms with Gasteiger partial charge in [-0.05, 0) is 42.5 Å². The normalized spacial score (nSPS) is 14.9. The number of halogens is 1. The Hall–Kier alpha value is -2.40. The highest BCUT2D eigenvalue weighted by molar-refractivity contribution is 7.91. The molecular formula is C23H27ClN4O4S2. The molecule has 1 aromatic heterocycles. The number of ether oxygens (including phenoxy) is 1. The van der Waals surface area contributed by atoms with Crippen molar-refractivity contribution < 1.29 is 17.9 Å². The van der Waals surface area contributed by atoms with Gasteiger partial charge in [-0.15, -0.1) is 0 Å². The van der Waals surface area contributed by atoms with E-state index in [1.165, 1.54) is 24.3 Å². The third-order valence-corrected chi connectivity index (χ3v) is 8.81. The second-order valence-electron chi connectivity index (χ2n) is 8.03. The molecule has 1 amide bonds. The molecule has 1 N–H and O–H groups in total. The molecule has 8 nitrogen and oxygen atoms in total. The van der Waals surface area contributed by atoms with E-state index in [0.717, 1.165) is 53.8 Å².